The second kappa shape index (κ2) is 9.63. The monoisotopic (exact) mass is 601 g/mol. The van der Waals surface area contributed by atoms with Crippen LogP contribution < -0.4 is 5.32 Å². The molecule has 1 saturated heterocycles. The standard InChI is InChI=1S/C23H19ClF7N3O4S/c1-11-5-12(3-4-15(11)20(35)32-14-9-34(10-14)39(2,36)37)18-8-21(38-33-18,23(29,30)31)16-6-13(22(26,27)28)7-17(24)19(16)25/h3-7,14H,8-10H2,1-2H3,(H,32,35)/t21-/m1/s1. The van der Waals surface area contributed by atoms with Gasteiger partial charge in [0.2, 0.25) is 10.0 Å². The van der Waals surface area contributed by atoms with Gasteiger partial charge in [-0.2, -0.15) is 30.6 Å². The summed E-state index contributed by atoms with van der Waals surface area (Å²) >= 11 is 5.51. The van der Waals surface area contributed by atoms with Gasteiger partial charge < -0.3 is 10.2 Å². The van der Waals surface area contributed by atoms with Crippen molar-refractivity contribution >= 4 is 33.2 Å². The summed E-state index contributed by atoms with van der Waals surface area (Å²) in [7, 11) is -3.39. The predicted octanol–water partition coefficient (Wildman–Crippen LogP) is 4.76. The molecule has 1 N–H and O–H groups in total. The summed E-state index contributed by atoms with van der Waals surface area (Å²) in [5.74, 6) is -2.28. The fourth-order valence-electron chi connectivity index (χ4n) is 4.25. The maximum absolute atomic E-state index is 14.7. The van der Waals surface area contributed by atoms with E-state index in [9.17, 15) is 43.9 Å². The molecule has 0 aliphatic carbocycles. The number of aryl methyl sites for hydroxylation is 1. The number of carbonyl (C=O) groups excluding carboxylic acids is 1. The van der Waals surface area contributed by atoms with Crippen LogP contribution in [0.1, 0.15) is 39.0 Å². The Kier molecular flexibility index (Phi) is 7.18. The highest BCUT2D eigenvalue weighted by atomic mass is 35.5. The molecule has 7 nitrogen and oxygen atoms in total. The van der Waals surface area contributed by atoms with Gasteiger partial charge in [0, 0.05) is 24.2 Å². The number of benzene rings is 2. The first-order valence-corrected chi connectivity index (χ1v) is 13.3. The van der Waals surface area contributed by atoms with Gasteiger partial charge in [-0.15, -0.1) is 0 Å². The van der Waals surface area contributed by atoms with E-state index in [2.05, 4.69) is 15.3 Å². The second-order valence-corrected chi connectivity index (χ2v) is 11.6. The lowest BCUT2D eigenvalue weighted by Crippen LogP contribution is -2.60. The second-order valence-electron chi connectivity index (χ2n) is 9.23. The highest BCUT2D eigenvalue weighted by molar-refractivity contribution is 7.88. The van der Waals surface area contributed by atoms with Crippen molar-refractivity contribution in [2.24, 2.45) is 5.16 Å². The number of nitrogens with zero attached hydrogens (tertiary/aromatic N) is 2. The van der Waals surface area contributed by atoms with E-state index in [1.54, 1.807) is 0 Å². The van der Waals surface area contributed by atoms with Gasteiger partial charge in [0.25, 0.3) is 11.5 Å². The van der Waals surface area contributed by atoms with Gasteiger partial charge in [-0.1, -0.05) is 22.8 Å². The SMILES string of the molecule is Cc1cc(C2=NO[C@](c3cc(C(F)(F)F)cc(Cl)c3F)(C(F)(F)F)C2)ccc1C(=O)NC1CN(S(C)(=O)=O)C1. The quantitative estimate of drug-likeness (QED) is 0.501. The smallest absolute Gasteiger partial charge is 0.374 e. The Morgan fingerprint density at radius 1 is 1.15 bits per heavy atom. The number of oxime groups is 1. The number of rotatable bonds is 5. The molecule has 2 aromatic carbocycles. The van der Waals surface area contributed by atoms with Crippen molar-refractivity contribution in [3.8, 4) is 0 Å². The molecule has 0 radical (unpaired) electrons. The fraction of sp³-hybridized carbons (Fsp3) is 0.391. The summed E-state index contributed by atoms with van der Waals surface area (Å²) in [5, 5.41) is 4.91. The minimum Gasteiger partial charge on any atom is -0.374 e. The lowest BCUT2D eigenvalue weighted by atomic mass is 9.85. The molecule has 16 heteroatoms. The van der Waals surface area contributed by atoms with Crippen molar-refractivity contribution in [2.45, 2.75) is 37.3 Å². The summed E-state index contributed by atoms with van der Waals surface area (Å²) in [6.07, 6.45) is -10.6. The maximum atomic E-state index is 14.7. The van der Waals surface area contributed by atoms with E-state index in [0.717, 1.165) is 6.26 Å². The van der Waals surface area contributed by atoms with E-state index in [1.807, 2.05) is 0 Å². The number of carbonyl (C=O) groups is 1. The van der Waals surface area contributed by atoms with Gasteiger partial charge in [0.05, 0.1) is 35.0 Å². The van der Waals surface area contributed by atoms with Crippen molar-refractivity contribution in [1.82, 2.24) is 9.62 Å². The van der Waals surface area contributed by atoms with Crippen LogP contribution in [0.5, 0.6) is 0 Å². The van der Waals surface area contributed by atoms with E-state index in [-0.39, 0.29) is 42.1 Å². The molecule has 2 heterocycles. The molecule has 2 aliphatic rings. The molecule has 39 heavy (non-hydrogen) atoms. The predicted molar refractivity (Wildman–Crippen MR) is 125 cm³/mol. The number of halogens is 8. The minimum absolute atomic E-state index is 0.00277. The van der Waals surface area contributed by atoms with Crippen molar-refractivity contribution in [1.29, 1.82) is 0 Å². The van der Waals surface area contributed by atoms with E-state index >= 15 is 0 Å². The molecule has 2 aromatic rings. The van der Waals surface area contributed by atoms with Crippen molar-refractivity contribution in [3.05, 3.63) is 69.0 Å². The molecule has 0 unspecified atom stereocenters. The normalized spacial score (nSPS) is 20.8. The van der Waals surface area contributed by atoms with Crippen molar-refractivity contribution in [2.75, 3.05) is 19.3 Å². The molecule has 0 spiro atoms. The zero-order valence-corrected chi connectivity index (χ0v) is 21.6. The molecular formula is C23H19ClF7N3O4S. The summed E-state index contributed by atoms with van der Waals surface area (Å²) in [6.45, 7) is 1.67. The molecule has 0 aromatic heterocycles. The first-order chi connectivity index (χ1) is 17.8. The Labute approximate surface area is 222 Å². The van der Waals surface area contributed by atoms with Crippen molar-refractivity contribution < 1.29 is 48.8 Å². The molecule has 1 atom stereocenters. The molecule has 4 rings (SSSR count). The van der Waals surface area contributed by atoms with Crippen molar-refractivity contribution in [3.63, 3.8) is 0 Å². The third kappa shape index (κ3) is 5.43. The third-order valence-corrected chi connectivity index (χ3v) is 7.94. The van der Waals surface area contributed by atoms with Gasteiger partial charge in [-0.3, -0.25) is 4.79 Å². The lowest BCUT2D eigenvalue weighted by Gasteiger charge is -2.37. The zero-order valence-electron chi connectivity index (χ0n) is 20.0. The highest BCUT2D eigenvalue weighted by Gasteiger charge is 2.64. The van der Waals surface area contributed by atoms with Gasteiger partial charge >= 0.3 is 12.4 Å². The van der Waals surface area contributed by atoms with Crippen LogP contribution >= 0.6 is 11.6 Å². The minimum atomic E-state index is -5.40. The van der Waals surface area contributed by atoms with Gasteiger partial charge in [-0.05, 0) is 42.3 Å². The number of sulfonamides is 1. The van der Waals surface area contributed by atoms with Gasteiger partial charge in [0.15, 0.2) is 0 Å². The Hall–Kier alpha value is -2.91. The fourth-order valence-corrected chi connectivity index (χ4v) is 5.37. The average molecular weight is 602 g/mol. The number of alkyl halides is 6. The maximum Gasteiger partial charge on any atom is 0.435 e. The van der Waals surface area contributed by atoms with E-state index in [1.165, 1.54) is 29.4 Å². The van der Waals surface area contributed by atoms with Crippen LogP contribution in [0.25, 0.3) is 0 Å². The van der Waals surface area contributed by atoms with E-state index < -0.39 is 68.3 Å². The van der Waals surface area contributed by atoms with Gasteiger partial charge in [0.1, 0.15) is 5.82 Å². The molecule has 0 bridgehead atoms. The van der Waals surface area contributed by atoms with Crippen LogP contribution in [0.15, 0.2) is 35.5 Å². The first-order valence-electron chi connectivity index (χ1n) is 11.1. The van der Waals surface area contributed by atoms with Crippen LogP contribution in [0.4, 0.5) is 30.7 Å². The number of amides is 1. The first kappa shape index (κ1) is 29.1. The average Bonchev–Trinajstić information content (AvgIpc) is 3.22. The molecule has 0 saturated carbocycles. The summed E-state index contributed by atoms with van der Waals surface area (Å²) < 4.78 is 121. The van der Waals surface area contributed by atoms with Gasteiger partial charge in [-0.25, -0.2) is 12.8 Å². The number of hydrogen-bond donors (Lipinski definition) is 1. The molecular weight excluding hydrogens is 583 g/mol. The molecule has 1 fully saturated rings. The Morgan fingerprint density at radius 2 is 1.79 bits per heavy atom. The summed E-state index contributed by atoms with van der Waals surface area (Å²) in [5.41, 5.74) is -6.49. The third-order valence-electron chi connectivity index (χ3n) is 6.43. The lowest BCUT2D eigenvalue weighted by molar-refractivity contribution is -0.276. The summed E-state index contributed by atoms with van der Waals surface area (Å²) in [4.78, 5) is 17.3. The molecule has 2 aliphatic heterocycles. The number of hydrogen-bond acceptors (Lipinski definition) is 5. The molecule has 1 amide bonds. The molecule has 212 valence electrons. The van der Waals surface area contributed by atoms with E-state index in [0.29, 0.717) is 5.56 Å². The van der Waals surface area contributed by atoms with Crippen LogP contribution in [0.2, 0.25) is 5.02 Å². The Bertz CT molecular complexity index is 1470. The Morgan fingerprint density at radius 3 is 2.33 bits per heavy atom. The van der Waals surface area contributed by atoms with Crippen LogP contribution in [0.3, 0.4) is 0 Å². The summed E-state index contributed by atoms with van der Waals surface area (Å²) in [6, 6.07) is 3.62. The zero-order chi connectivity index (χ0) is 29.1. The van der Waals surface area contributed by atoms with E-state index in [4.69, 9.17) is 11.6 Å². The topological polar surface area (TPSA) is 88.1 Å². The largest absolute Gasteiger partial charge is 0.435 e. The van der Waals surface area contributed by atoms with Crippen LogP contribution in [-0.4, -0.2) is 55.9 Å². The number of nitrogens with one attached hydrogen (secondary N) is 1. The Balaban J connectivity index is 1.59. The highest BCUT2D eigenvalue weighted by Crippen LogP contribution is 2.51. The van der Waals surface area contributed by atoms with Crippen LogP contribution in [0, 0.1) is 12.7 Å². The van der Waals surface area contributed by atoms with Crippen LogP contribution in [-0.2, 0) is 26.6 Å².